The molecule has 2 bridgehead atoms. The number of piperidine rings is 3. The van der Waals surface area contributed by atoms with Crippen molar-refractivity contribution in [3.8, 4) is 0 Å². The number of ether oxygens (including phenoxy) is 1. The lowest BCUT2D eigenvalue weighted by molar-refractivity contribution is -0.149. The summed E-state index contributed by atoms with van der Waals surface area (Å²) in [5.74, 6) is -0.371. The van der Waals surface area contributed by atoms with E-state index in [9.17, 15) is 29.1 Å². The summed E-state index contributed by atoms with van der Waals surface area (Å²) in [6.07, 6.45) is 6.02. The van der Waals surface area contributed by atoms with E-state index in [1.54, 1.807) is 54.5 Å². The maximum Gasteiger partial charge on any atom is 0.306 e. The molecule has 14 nitrogen and oxygen atoms in total. The number of carbonyl (C=O) groups excluding carboxylic acids is 4. The number of carbonyl (C=O) groups is 5. The molecule has 0 spiro atoms. The number of aliphatic carboxylic acids is 1. The van der Waals surface area contributed by atoms with Gasteiger partial charge in [0.05, 0.1) is 12.0 Å². The van der Waals surface area contributed by atoms with Crippen molar-refractivity contribution in [1.82, 2.24) is 35.4 Å². The molecule has 6 heterocycles. The molecule has 0 saturated carbocycles. The Kier molecular flexibility index (Phi) is 13.6. The Morgan fingerprint density at radius 3 is 2.31 bits per heavy atom. The van der Waals surface area contributed by atoms with Crippen molar-refractivity contribution in [2.45, 2.75) is 96.5 Å². The maximum absolute atomic E-state index is 14.3. The first kappa shape index (κ1) is 39.6. The van der Waals surface area contributed by atoms with Crippen LogP contribution in [0, 0.1) is 23.7 Å². The van der Waals surface area contributed by atoms with E-state index in [2.05, 4.69) is 30.5 Å². The maximum atomic E-state index is 14.3. The zero-order chi connectivity index (χ0) is 37.5. The third-order valence-electron chi connectivity index (χ3n) is 10.5. The summed E-state index contributed by atoms with van der Waals surface area (Å²) in [7, 11) is 1.74. The van der Waals surface area contributed by atoms with Crippen LogP contribution in [0.5, 0.6) is 0 Å². The fourth-order valence-electron chi connectivity index (χ4n) is 7.37. The first-order chi connectivity index (χ1) is 24.8. The van der Waals surface area contributed by atoms with Gasteiger partial charge in [-0.1, -0.05) is 20.8 Å². The molecule has 6 atom stereocenters. The van der Waals surface area contributed by atoms with Gasteiger partial charge in [0.2, 0.25) is 11.8 Å². The number of nitrogens with zero attached hydrogens (tertiary/aromatic N) is 5. The van der Waals surface area contributed by atoms with E-state index in [4.69, 9.17) is 4.74 Å². The highest BCUT2D eigenvalue weighted by atomic mass is 32.2. The van der Waals surface area contributed by atoms with Crippen molar-refractivity contribution in [3.63, 3.8) is 0 Å². The molecule has 0 unspecified atom stereocenters. The van der Waals surface area contributed by atoms with Crippen LogP contribution in [0.1, 0.15) is 87.2 Å². The minimum Gasteiger partial charge on any atom is -0.481 e. The van der Waals surface area contributed by atoms with Crippen molar-refractivity contribution in [3.05, 3.63) is 40.4 Å². The second-order valence-electron chi connectivity index (χ2n) is 14.7. The molecule has 0 aromatic carbocycles. The number of esters is 1. The second-order valence-corrected chi connectivity index (χ2v) is 16.7. The van der Waals surface area contributed by atoms with E-state index in [1.807, 2.05) is 13.8 Å². The number of likely N-dealkylation sites (N-methyl/N-ethyl adjacent to an activating group) is 1. The van der Waals surface area contributed by atoms with Crippen LogP contribution in [0.15, 0.2) is 23.8 Å². The van der Waals surface area contributed by atoms with Crippen LogP contribution in [-0.4, -0.2) is 115 Å². The van der Waals surface area contributed by atoms with E-state index in [0.717, 1.165) is 43.9 Å². The van der Waals surface area contributed by atoms with Gasteiger partial charge in [-0.3, -0.25) is 28.9 Å². The largest absolute Gasteiger partial charge is 0.481 e. The molecule has 16 heteroatoms. The van der Waals surface area contributed by atoms with Gasteiger partial charge in [-0.15, -0.1) is 11.3 Å². The molecule has 284 valence electrons. The third-order valence-corrected chi connectivity index (χ3v) is 12.8. The van der Waals surface area contributed by atoms with Crippen molar-refractivity contribution in [1.29, 1.82) is 0 Å². The van der Waals surface area contributed by atoms with Gasteiger partial charge < -0.3 is 25.4 Å². The number of nitrogens with one attached hydrogen (secondary N) is 2. The quantitative estimate of drug-likeness (QED) is 0.201. The molecule has 3 amide bonds. The Morgan fingerprint density at radius 1 is 1.06 bits per heavy atom. The first-order valence-electron chi connectivity index (χ1n) is 18.1. The van der Waals surface area contributed by atoms with Crippen LogP contribution in [0.3, 0.4) is 0 Å². The van der Waals surface area contributed by atoms with Crippen LogP contribution in [0.25, 0.3) is 0 Å². The lowest BCUT2D eigenvalue weighted by atomic mass is 9.83. The predicted octanol–water partition coefficient (Wildman–Crippen LogP) is 3.19. The average molecular weight is 758 g/mol. The lowest BCUT2D eigenvalue weighted by Gasteiger charge is -2.45. The van der Waals surface area contributed by atoms with Gasteiger partial charge >= 0.3 is 11.9 Å². The molecule has 52 heavy (non-hydrogen) atoms. The van der Waals surface area contributed by atoms with Crippen molar-refractivity contribution >= 4 is 52.8 Å². The van der Waals surface area contributed by atoms with Gasteiger partial charge in [0.1, 0.15) is 22.6 Å². The molecule has 4 aliphatic heterocycles. The van der Waals surface area contributed by atoms with E-state index in [1.165, 1.54) is 18.3 Å². The van der Waals surface area contributed by atoms with Crippen molar-refractivity contribution in [2.75, 3.05) is 31.6 Å². The number of thiazole rings is 1. The topological polar surface area (TPSA) is 184 Å². The van der Waals surface area contributed by atoms with E-state index in [-0.39, 0.29) is 60.7 Å². The summed E-state index contributed by atoms with van der Waals surface area (Å²) in [4.78, 5) is 82.2. The van der Waals surface area contributed by atoms with Gasteiger partial charge in [-0.25, -0.2) is 15.0 Å². The predicted molar refractivity (Wildman–Crippen MR) is 196 cm³/mol. The van der Waals surface area contributed by atoms with Gasteiger partial charge in [0.15, 0.2) is 6.10 Å². The SMILES string of the molecule is CC(=O)O[C@H](C[C@H](C(C)C)N(C)C(=O)[C@@H](NC(=O)[C@H]1CC2CCN1CC2)C1CSC1)c1nc(C(=O)N[C@@H](Cc2ncccn2)C[C@H](C)C(=O)O)cs1. The van der Waals surface area contributed by atoms with Crippen LogP contribution in [0.4, 0.5) is 0 Å². The number of fused-ring (bicyclic) bond motifs is 3. The summed E-state index contributed by atoms with van der Waals surface area (Å²) >= 11 is 2.93. The highest BCUT2D eigenvalue weighted by Crippen LogP contribution is 2.35. The monoisotopic (exact) mass is 757 g/mol. The summed E-state index contributed by atoms with van der Waals surface area (Å²) in [5.41, 5.74) is 0.0991. The molecule has 4 saturated heterocycles. The molecule has 4 fully saturated rings. The number of hydrogen-bond donors (Lipinski definition) is 3. The molecule has 6 rings (SSSR count). The van der Waals surface area contributed by atoms with Crippen LogP contribution >= 0.6 is 23.1 Å². The van der Waals surface area contributed by atoms with Crippen LogP contribution < -0.4 is 10.6 Å². The normalized spacial score (nSPS) is 22.7. The summed E-state index contributed by atoms with van der Waals surface area (Å²) in [6, 6.07) is -0.134. The van der Waals surface area contributed by atoms with Crippen molar-refractivity contribution in [2.24, 2.45) is 23.7 Å². The fourth-order valence-corrected chi connectivity index (χ4v) is 9.10. The van der Waals surface area contributed by atoms with Crippen LogP contribution in [-0.2, 0) is 30.3 Å². The Bertz CT molecular complexity index is 1560. The van der Waals surface area contributed by atoms with E-state index in [0.29, 0.717) is 16.7 Å². The Labute approximate surface area is 313 Å². The molecule has 0 radical (unpaired) electrons. The Morgan fingerprint density at radius 2 is 1.75 bits per heavy atom. The number of aromatic nitrogens is 3. The molecular weight excluding hydrogens is 707 g/mol. The minimum absolute atomic E-state index is 0.0348. The molecule has 4 aliphatic rings. The summed E-state index contributed by atoms with van der Waals surface area (Å²) in [6.45, 7) is 8.70. The zero-order valence-corrected chi connectivity index (χ0v) is 32.2. The van der Waals surface area contributed by atoms with Gasteiger partial charge in [0.25, 0.3) is 5.91 Å². The Balaban J connectivity index is 1.29. The third kappa shape index (κ3) is 10.1. The van der Waals surface area contributed by atoms with E-state index >= 15 is 0 Å². The van der Waals surface area contributed by atoms with Gasteiger partial charge in [-0.2, -0.15) is 11.8 Å². The van der Waals surface area contributed by atoms with Crippen molar-refractivity contribution < 1.29 is 33.8 Å². The average Bonchev–Trinajstić information content (AvgIpc) is 3.59. The molecule has 0 aliphatic carbocycles. The number of thioether (sulfide) groups is 1. The number of amides is 3. The van der Waals surface area contributed by atoms with Gasteiger partial charge in [-0.05, 0) is 68.2 Å². The van der Waals surface area contributed by atoms with E-state index < -0.39 is 42.0 Å². The lowest BCUT2D eigenvalue weighted by Crippen LogP contribution is -2.62. The Hall–Kier alpha value is -3.63. The fraction of sp³-hybridized carbons (Fsp3) is 0.667. The highest BCUT2D eigenvalue weighted by molar-refractivity contribution is 8.00. The van der Waals surface area contributed by atoms with Gasteiger partial charge in [0, 0.05) is 62.6 Å². The number of rotatable bonds is 17. The number of carboxylic acids is 1. The molecule has 3 N–H and O–H groups in total. The zero-order valence-electron chi connectivity index (χ0n) is 30.5. The highest BCUT2D eigenvalue weighted by Gasteiger charge is 2.43. The minimum atomic E-state index is -0.981. The molecular formula is C36H51N7O7S2. The second kappa shape index (κ2) is 17.9. The summed E-state index contributed by atoms with van der Waals surface area (Å²) < 4.78 is 5.77. The number of carboxylic acid groups (broad SMARTS) is 1. The molecule has 2 aromatic heterocycles. The number of hydrogen-bond acceptors (Lipinski definition) is 12. The smallest absolute Gasteiger partial charge is 0.306 e. The summed E-state index contributed by atoms with van der Waals surface area (Å²) in [5, 5.41) is 17.5. The molecule has 2 aromatic rings. The first-order valence-corrected chi connectivity index (χ1v) is 20.1. The standard InChI is InChI=1S/C36H51N7O7S2/c1-20(2)27(42(5)35(47)31(24-17-51-18-24)41-33(46)28-14-23-7-11-43(28)12-8-23)16-29(50-22(4)44)34-40-26(19-52-34)32(45)39-25(13-21(3)36(48)49)15-30-37-9-6-10-38-30/h6,9-10,19-21,23-25,27-29,31H,7-8,11-18H2,1-5H3,(H,39,45)(H,41,46)(H,48,49)/t21-,25+,27+,28+,29+,31-/m0/s1. The van der Waals surface area contributed by atoms with Crippen LogP contribution in [0.2, 0.25) is 0 Å².